The highest BCUT2D eigenvalue weighted by Crippen LogP contribution is 2.48. The van der Waals surface area contributed by atoms with Crippen LogP contribution >= 0.6 is 22.7 Å². The zero-order chi connectivity index (χ0) is 24.1. The quantitative estimate of drug-likeness (QED) is 0.209. The maximum absolute atomic E-state index is 2.48. The van der Waals surface area contributed by atoms with Crippen molar-refractivity contribution in [2.45, 2.75) is 0 Å². The first-order valence-corrected chi connectivity index (χ1v) is 14.2. The Kier molecular flexibility index (Phi) is 3.88. The molecule has 0 bridgehead atoms. The van der Waals surface area contributed by atoms with Crippen molar-refractivity contribution >= 4 is 95.6 Å². The van der Waals surface area contributed by atoms with Crippen molar-refractivity contribution in [1.29, 1.82) is 0 Å². The van der Waals surface area contributed by atoms with E-state index in [0.717, 1.165) is 0 Å². The van der Waals surface area contributed by atoms with Gasteiger partial charge in [-0.3, -0.25) is 0 Å². The van der Waals surface area contributed by atoms with E-state index in [2.05, 4.69) is 120 Å². The lowest BCUT2D eigenvalue weighted by Crippen LogP contribution is -1.93. The minimum Gasteiger partial charge on any atom is -0.309 e. The summed E-state index contributed by atoms with van der Waals surface area (Å²) >= 11 is 3.82. The summed E-state index contributed by atoms with van der Waals surface area (Å²) in [5.41, 5.74) is 3.75. The Morgan fingerprint density at radius 1 is 0.432 bits per heavy atom. The summed E-state index contributed by atoms with van der Waals surface area (Å²) in [5, 5.41) is 10.7. The van der Waals surface area contributed by atoms with Crippen molar-refractivity contribution in [3.63, 3.8) is 0 Å². The number of hydrogen-bond donors (Lipinski definition) is 0. The largest absolute Gasteiger partial charge is 0.309 e. The lowest BCUT2D eigenvalue weighted by molar-refractivity contribution is 1.19. The predicted octanol–water partition coefficient (Wildman–Crippen LogP) is 10.7. The Morgan fingerprint density at radius 2 is 1.14 bits per heavy atom. The molecule has 0 atom stereocenters. The van der Waals surface area contributed by atoms with Gasteiger partial charge in [0.2, 0.25) is 0 Å². The van der Waals surface area contributed by atoms with Crippen LogP contribution in [0.5, 0.6) is 0 Å². The third kappa shape index (κ3) is 2.63. The first-order chi connectivity index (χ1) is 18.3. The van der Waals surface area contributed by atoms with Crippen molar-refractivity contribution in [2.24, 2.45) is 0 Å². The van der Waals surface area contributed by atoms with E-state index in [1.165, 1.54) is 78.6 Å². The van der Waals surface area contributed by atoms with Gasteiger partial charge in [-0.25, -0.2) is 0 Å². The number of hydrogen-bond acceptors (Lipinski definition) is 2. The Morgan fingerprint density at radius 3 is 2.03 bits per heavy atom. The summed E-state index contributed by atoms with van der Waals surface area (Å²) in [7, 11) is 0. The molecule has 0 spiro atoms. The van der Waals surface area contributed by atoms with Gasteiger partial charge in [0, 0.05) is 56.8 Å². The highest BCUT2D eigenvalue weighted by atomic mass is 32.1. The summed E-state index contributed by atoms with van der Waals surface area (Å²) in [6.07, 6.45) is 0. The normalized spacial score (nSPS) is 12.3. The van der Waals surface area contributed by atoms with Crippen LogP contribution in [-0.4, -0.2) is 4.57 Å². The standard InChI is InChI=1S/C34H19NS2/c1-2-8-21-19-22(14-13-20(21)7-1)35-26-17-18-30-31(25-10-4-6-12-29(25)36-30)32(26)33-27(35)16-15-24-23-9-3-5-11-28(23)37-34(24)33/h1-19H. The van der Waals surface area contributed by atoms with Gasteiger partial charge in [-0.2, -0.15) is 0 Å². The average molecular weight is 506 g/mol. The molecule has 0 aliphatic heterocycles. The molecule has 0 saturated carbocycles. The number of nitrogens with zero attached hydrogens (tertiary/aromatic N) is 1. The molecule has 3 aromatic heterocycles. The molecule has 3 heterocycles. The maximum Gasteiger partial charge on any atom is 0.0556 e. The van der Waals surface area contributed by atoms with Gasteiger partial charge >= 0.3 is 0 Å². The Hall–Kier alpha value is -4.18. The van der Waals surface area contributed by atoms with Crippen molar-refractivity contribution < 1.29 is 0 Å². The maximum atomic E-state index is 2.48. The molecule has 3 heteroatoms. The lowest BCUT2D eigenvalue weighted by atomic mass is 10.0. The van der Waals surface area contributed by atoms with Crippen molar-refractivity contribution in [1.82, 2.24) is 4.57 Å². The minimum atomic E-state index is 1.21. The molecule has 0 aliphatic carbocycles. The number of thiophene rings is 2. The van der Waals surface area contributed by atoms with Gasteiger partial charge in [-0.1, -0.05) is 72.8 Å². The van der Waals surface area contributed by atoms with Crippen LogP contribution in [0.4, 0.5) is 0 Å². The summed E-state index contributed by atoms with van der Waals surface area (Å²) in [6, 6.07) is 42.5. The molecule has 6 aromatic carbocycles. The fourth-order valence-corrected chi connectivity index (χ4v) is 8.54. The average Bonchev–Trinajstić information content (AvgIpc) is 3.61. The zero-order valence-corrected chi connectivity index (χ0v) is 21.4. The van der Waals surface area contributed by atoms with Gasteiger partial charge in [0.05, 0.1) is 11.0 Å². The van der Waals surface area contributed by atoms with E-state index in [-0.39, 0.29) is 0 Å². The van der Waals surface area contributed by atoms with Crippen LogP contribution in [-0.2, 0) is 0 Å². The predicted molar refractivity (Wildman–Crippen MR) is 164 cm³/mol. The van der Waals surface area contributed by atoms with E-state index < -0.39 is 0 Å². The molecular weight excluding hydrogens is 487 g/mol. The highest BCUT2D eigenvalue weighted by molar-refractivity contribution is 7.27. The highest BCUT2D eigenvalue weighted by Gasteiger charge is 2.21. The molecule has 0 fully saturated rings. The van der Waals surface area contributed by atoms with E-state index in [0.29, 0.717) is 0 Å². The second kappa shape index (κ2) is 7.19. The van der Waals surface area contributed by atoms with E-state index >= 15 is 0 Å². The van der Waals surface area contributed by atoms with Gasteiger partial charge in [0.1, 0.15) is 0 Å². The number of fused-ring (bicyclic) bond motifs is 12. The molecule has 1 nitrogen and oxygen atoms in total. The Balaban J connectivity index is 1.56. The van der Waals surface area contributed by atoms with Crippen molar-refractivity contribution in [2.75, 3.05) is 0 Å². The van der Waals surface area contributed by atoms with Crippen LogP contribution in [0.2, 0.25) is 0 Å². The van der Waals surface area contributed by atoms with Crippen molar-refractivity contribution in [3.05, 3.63) is 115 Å². The van der Waals surface area contributed by atoms with Gasteiger partial charge < -0.3 is 4.57 Å². The molecule has 172 valence electrons. The molecule has 0 saturated heterocycles. The first-order valence-electron chi connectivity index (χ1n) is 12.5. The SMILES string of the molecule is c1ccc2cc(-n3c4ccc5c6ccccc6sc5c4c4c5c(ccc43)sc3ccccc35)ccc2c1. The van der Waals surface area contributed by atoms with Crippen LogP contribution in [0.1, 0.15) is 0 Å². The molecule has 0 unspecified atom stereocenters. The number of benzene rings is 6. The third-order valence-electron chi connectivity index (χ3n) is 7.77. The van der Waals surface area contributed by atoms with Gasteiger partial charge in [-0.05, 0) is 53.2 Å². The molecule has 0 aliphatic rings. The van der Waals surface area contributed by atoms with Crippen LogP contribution in [0, 0.1) is 0 Å². The smallest absolute Gasteiger partial charge is 0.0556 e. The van der Waals surface area contributed by atoms with Crippen molar-refractivity contribution in [3.8, 4) is 5.69 Å². The van der Waals surface area contributed by atoms with Crippen LogP contribution < -0.4 is 0 Å². The van der Waals surface area contributed by atoms with E-state index in [4.69, 9.17) is 0 Å². The monoisotopic (exact) mass is 505 g/mol. The third-order valence-corrected chi connectivity index (χ3v) is 10.1. The molecule has 9 rings (SSSR count). The van der Waals surface area contributed by atoms with E-state index in [1.807, 2.05) is 22.7 Å². The zero-order valence-electron chi connectivity index (χ0n) is 19.7. The van der Waals surface area contributed by atoms with E-state index in [9.17, 15) is 0 Å². The van der Waals surface area contributed by atoms with E-state index in [1.54, 1.807) is 0 Å². The van der Waals surface area contributed by atoms with Crippen LogP contribution in [0.3, 0.4) is 0 Å². The lowest BCUT2D eigenvalue weighted by Gasteiger charge is -2.09. The summed E-state index contributed by atoms with van der Waals surface area (Å²) < 4.78 is 7.90. The molecular formula is C34H19NS2. The Bertz CT molecular complexity index is 2360. The van der Waals surface area contributed by atoms with Crippen LogP contribution in [0.25, 0.3) is 78.6 Å². The molecule has 9 aromatic rings. The fraction of sp³-hybridized carbons (Fsp3) is 0. The summed E-state index contributed by atoms with van der Waals surface area (Å²) in [5.74, 6) is 0. The Labute approximate surface area is 220 Å². The first kappa shape index (κ1) is 19.9. The molecule has 0 N–H and O–H groups in total. The summed E-state index contributed by atoms with van der Waals surface area (Å²) in [4.78, 5) is 0. The van der Waals surface area contributed by atoms with Gasteiger partial charge in [0.25, 0.3) is 0 Å². The number of aromatic nitrogens is 1. The second-order valence-electron chi connectivity index (χ2n) is 9.73. The molecule has 0 radical (unpaired) electrons. The molecule has 37 heavy (non-hydrogen) atoms. The van der Waals surface area contributed by atoms with Crippen LogP contribution in [0.15, 0.2) is 115 Å². The van der Waals surface area contributed by atoms with Gasteiger partial charge in [0.15, 0.2) is 0 Å². The second-order valence-corrected chi connectivity index (χ2v) is 11.9. The van der Waals surface area contributed by atoms with Gasteiger partial charge in [-0.15, -0.1) is 22.7 Å². The minimum absolute atomic E-state index is 1.21. The topological polar surface area (TPSA) is 4.93 Å². The number of rotatable bonds is 1. The summed E-state index contributed by atoms with van der Waals surface area (Å²) in [6.45, 7) is 0. The molecule has 0 amide bonds. The fourth-order valence-electron chi connectivity index (χ4n) is 6.18.